The van der Waals surface area contributed by atoms with Gasteiger partial charge in [0.05, 0.1) is 0 Å². The van der Waals surface area contributed by atoms with Crippen molar-refractivity contribution in [1.82, 2.24) is 20.2 Å². The minimum atomic E-state index is 0.609. The normalized spacial score (nSPS) is 10.2. The third-order valence-corrected chi connectivity index (χ3v) is 1.02. The van der Waals surface area contributed by atoms with Crippen LogP contribution in [0.3, 0.4) is 0 Å². The van der Waals surface area contributed by atoms with E-state index in [2.05, 4.69) is 26.4 Å². The molecule has 2 heterocycles. The highest BCUT2D eigenvalue weighted by molar-refractivity contribution is 5.66. The van der Waals surface area contributed by atoms with Crippen LogP contribution in [0.1, 0.15) is 0 Å². The molecule has 0 aliphatic rings. The Hall–Kier alpha value is -1.45. The van der Waals surface area contributed by atoms with E-state index in [1.54, 1.807) is 12.4 Å². The van der Waals surface area contributed by atoms with E-state index in [1.165, 1.54) is 0 Å². The third-order valence-electron chi connectivity index (χ3n) is 1.02. The molecule has 0 aliphatic carbocycles. The molecule has 0 fully saturated rings. The number of hydrogen-bond donors (Lipinski definition) is 1. The average molecular weight is 119 g/mol. The first kappa shape index (κ1) is 4.43. The maximum absolute atomic E-state index is 3.93. The molecule has 0 atom stereocenters. The zero-order valence-corrected chi connectivity index (χ0v) is 4.50. The summed E-state index contributed by atoms with van der Waals surface area (Å²) in [5, 5.41) is 6.30. The Morgan fingerprint density at radius 2 is 2.22 bits per heavy atom. The number of aromatic amines is 1. The van der Waals surface area contributed by atoms with Crippen LogP contribution in [0.2, 0.25) is 0 Å². The molecule has 4 heteroatoms. The molecule has 0 spiro atoms. The van der Waals surface area contributed by atoms with Crippen LogP contribution < -0.4 is 0 Å². The zero-order chi connectivity index (χ0) is 6.10. The molecular weight excluding hydrogens is 116 g/mol. The van der Waals surface area contributed by atoms with Gasteiger partial charge < -0.3 is 0 Å². The van der Waals surface area contributed by atoms with Crippen LogP contribution in [0.5, 0.6) is 0 Å². The number of rotatable bonds is 0. The Labute approximate surface area is 50.9 Å². The molecule has 0 amide bonds. The van der Waals surface area contributed by atoms with Crippen molar-refractivity contribution in [3.05, 3.63) is 18.6 Å². The van der Waals surface area contributed by atoms with Gasteiger partial charge in [0.15, 0.2) is 5.65 Å². The molecule has 43 valence electrons. The van der Waals surface area contributed by atoms with E-state index in [0.717, 1.165) is 0 Å². The van der Waals surface area contributed by atoms with Crippen molar-refractivity contribution in [3.8, 4) is 0 Å². The number of hydrogen-bond acceptors (Lipinski definition) is 3. The van der Waals surface area contributed by atoms with E-state index in [1.807, 2.05) is 0 Å². The molecule has 2 rings (SSSR count). The second kappa shape index (κ2) is 1.51. The molecule has 0 saturated heterocycles. The van der Waals surface area contributed by atoms with Crippen LogP contribution in [-0.4, -0.2) is 20.2 Å². The first-order valence-electron chi connectivity index (χ1n) is 2.49. The summed E-state index contributed by atoms with van der Waals surface area (Å²) in [6, 6.07) is 0. The first-order valence-corrected chi connectivity index (χ1v) is 2.49. The average Bonchev–Trinajstić information content (AvgIpc) is 2.33. The SMILES string of the molecule is [c]1[nH]nc2nccnc12. The van der Waals surface area contributed by atoms with Crippen LogP contribution in [0.25, 0.3) is 11.2 Å². The van der Waals surface area contributed by atoms with E-state index < -0.39 is 0 Å². The summed E-state index contributed by atoms with van der Waals surface area (Å²) in [5.74, 6) is 0. The van der Waals surface area contributed by atoms with Crippen LogP contribution in [0, 0.1) is 6.20 Å². The van der Waals surface area contributed by atoms with Crippen LogP contribution in [-0.2, 0) is 0 Å². The molecule has 1 N–H and O–H groups in total. The first-order chi connectivity index (χ1) is 4.47. The molecule has 4 nitrogen and oxygen atoms in total. The maximum Gasteiger partial charge on any atom is 0.200 e. The summed E-state index contributed by atoms with van der Waals surface area (Å²) >= 11 is 0. The fraction of sp³-hybridized carbons (Fsp3) is 0. The third kappa shape index (κ3) is 0.561. The number of aromatic nitrogens is 4. The Balaban J connectivity index is 2.95. The topological polar surface area (TPSA) is 54.5 Å². The van der Waals surface area contributed by atoms with E-state index in [9.17, 15) is 0 Å². The molecule has 0 saturated carbocycles. The Bertz CT molecular complexity index is 283. The van der Waals surface area contributed by atoms with Crippen molar-refractivity contribution >= 4 is 11.2 Å². The summed E-state index contributed by atoms with van der Waals surface area (Å²) in [6.07, 6.45) is 5.91. The quantitative estimate of drug-likeness (QED) is 0.537. The molecule has 1 radical (unpaired) electrons. The van der Waals surface area contributed by atoms with Crippen molar-refractivity contribution in [1.29, 1.82) is 0 Å². The second-order valence-corrected chi connectivity index (χ2v) is 1.58. The fourth-order valence-electron chi connectivity index (χ4n) is 0.635. The predicted molar refractivity (Wildman–Crippen MR) is 30.5 cm³/mol. The Morgan fingerprint density at radius 1 is 1.33 bits per heavy atom. The minimum absolute atomic E-state index is 0.609. The molecule has 2 aromatic rings. The fourth-order valence-corrected chi connectivity index (χ4v) is 0.635. The van der Waals surface area contributed by atoms with Gasteiger partial charge in [-0.3, -0.25) is 5.10 Å². The lowest BCUT2D eigenvalue weighted by molar-refractivity contribution is 1.09. The van der Waals surface area contributed by atoms with Crippen molar-refractivity contribution in [3.63, 3.8) is 0 Å². The van der Waals surface area contributed by atoms with E-state index in [-0.39, 0.29) is 0 Å². The second-order valence-electron chi connectivity index (χ2n) is 1.58. The Morgan fingerprint density at radius 3 is 3.11 bits per heavy atom. The van der Waals surface area contributed by atoms with Crippen LogP contribution in [0.4, 0.5) is 0 Å². The van der Waals surface area contributed by atoms with Gasteiger partial charge in [-0.15, -0.1) is 0 Å². The summed E-state index contributed by atoms with van der Waals surface area (Å²) in [7, 11) is 0. The standard InChI is InChI=1S/C5H3N4/c1-2-7-5-4(6-1)3-8-9-5/h1-2H,(H,7,8,9). The number of fused-ring (bicyclic) bond motifs is 1. The van der Waals surface area contributed by atoms with Gasteiger partial charge in [0.25, 0.3) is 0 Å². The van der Waals surface area contributed by atoms with Crippen LogP contribution in [0.15, 0.2) is 12.4 Å². The molecule has 0 aliphatic heterocycles. The van der Waals surface area contributed by atoms with Crippen molar-refractivity contribution in [2.75, 3.05) is 0 Å². The van der Waals surface area contributed by atoms with Gasteiger partial charge in [0.2, 0.25) is 0 Å². The largest absolute Gasteiger partial charge is 0.272 e. The highest BCUT2D eigenvalue weighted by atomic mass is 15.1. The summed E-state index contributed by atoms with van der Waals surface area (Å²) in [5.41, 5.74) is 1.29. The van der Waals surface area contributed by atoms with E-state index >= 15 is 0 Å². The van der Waals surface area contributed by atoms with Gasteiger partial charge in [-0.2, -0.15) is 5.10 Å². The minimum Gasteiger partial charge on any atom is -0.272 e. The van der Waals surface area contributed by atoms with Gasteiger partial charge in [0, 0.05) is 12.4 Å². The van der Waals surface area contributed by atoms with E-state index in [0.29, 0.717) is 11.2 Å². The highest BCUT2D eigenvalue weighted by Crippen LogP contribution is 1.97. The van der Waals surface area contributed by atoms with Crippen molar-refractivity contribution < 1.29 is 0 Å². The smallest absolute Gasteiger partial charge is 0.200 e. The molecule has 9 heavy (non-hydrogen) atoms. The van der Waals surface area contributed by atoms with Crippen molar-refractivity contribution in [2.45, 2.75) is 0 Å². The molecule has 2 aromatic heterocycles. The van der Waals surface area contributed by atoms with Gasteiger partial charge in [0.1, 0.15) is 11.7 Å². The monoisotopic (exact) mass is 119 g/mol. The van der Waals surface area contributed by atoms with Crippen LogP contribution >= 0.6 is 0 Å². The maximum atomic E-state index is 3.93. The Kier molecular flexibility index (Phi) is 0.745. The summed E-state index contributed by atoms with van der Waals surface area (Å²) < 4.78 is 0. The lowest BCUT2D eigenvalue weighted by Crippen LogP contribution is -1.76. The number of H-pyrrole nitrogens is 1. The zero-order valence-electron chi connectivity index (χ0n) is 4.50. The molecule has 0 bridgehead atoms. The number of nitrogens with zero attached hydrogens (tertiary/aromatic N) is 3. The molecule has 0 aromatic carbocycles. The predicted octanol–water partition coefficient (Wildman–Crippen LogP) is 0.153. The summed E-state index contributed by atoms with van der Waals surface area (Å²) in [6.45, 7) is 0. The molecule has 0 unspecified atom stereocenters. The van der Waals surface area contributed by atoms with Gasteiger partial charge >= 0.3 is 0 Å². The highest BCUT2D eigenvalue weighted by Gasteiger charge is 1.93. The number of nitrogens with one attached hydrogen (secondary N) is 1. The van der Waals surface area contributed by atoms with Crippen molar-refractivity contribution in [2.24, 2.45) is 0 Å². The van der Waals surface area contributed by atoms with Gasteiger partial charge in [-0.25, -0.2) is 9.97 Å². The lowest BCUT2D eigenvalue weighted by Gasteiger charge is -1.78. The van der Waals surface area contributed by atoms with Gasteiger partial charge in [-0.05, 0) is 0 Å². The summed E-state index contributed by atoms with van der Waals surface area (Å²) in [4.78, 5) is 7.83. The van der Waals surface area contributed by atoms with Gasteiger partial charge in [-0.1, -0.05) is 0 Å². The molecular formula is C5H3N4. The lowest BCUT2D eigenvalue weighted by atomic mass is 10.6. The van der Waals surface area contributed by atoms with E-state index in [4.69, 9.17) is 0 Å².